The van der Waals surface area contributed by atoms with Crippen LogP contribution in [0.3, 0.4) is 0 Å². The van der Waals surface area contributed by atoms with Gasteiger partial charge in [0.2, 0.25) is 0 Å². The van der Waals surface area contributed by atoms with Crippen molar-refractivity contribution in [3.8, 4) is 10.4 Å². The molecular formula is C24H24ClNO7S2. The summed E-state index contributed by atoms with van der Waals surface area (Å²) in [7, 11) is 0. The van der Waals surface area contributed by atoms with E-state index < -0.39 is 36.7 Å². The van der Waals surface area contributed by atoms with E-state index in [0.29, 0.717) is 17.0 Å². The normalized spacial score (nSPS) is 24.2. The van der Waals surface area contributed by atoms with E-state index in [1.807, 2.05) is 17.6 Å². The van der Waals surface area contributed by atoms with Crippen molar-refractivity contribution >= 4 is 40.4 Å². The first-order valence-corrected chi connectivity index (χ1v) is 12.9. The van der Waals surface area contributed by atoms with Crippen molar-refractivity contribution in [2.45, 2.75) is 36.9 Å². The van der Waals surface area contributed by atoms with E-state index in [2.05, 4.69) is 16.9 Å². The summed E-state index contributed by atoms with van der Waals surface area (Å²) < 4.78 is 15.6. The summed E-state index contributed by atoms with van der Waals surface area (Å²) in [4.78, 5) is 17.2. The van der Waals surface area contributed by atoms with Crippen LogP contribution in [-0.4, -0.2) is 64.1 Å². The lowest BCUT2D eigenvalue weighted by molar-refractivity contribution is -0.232. The highest BCUT2D eigenvalue weighted by atomic mass is 35.5. The Morgan fingerprint density at radius 2 is 2.03 bits per heavy atom. The molecule has 1 fully saturated rings. The second-order valence-electron chi connectivity index (χ2n) is 7.89. The zero-order valence-corrected chi connectivity index (χ0v) is 20.8. The molecule has 3 N–H and O–H groups in total. The van der Waals surface area contributed by atoms with Gasteiger partial charge < -0.3 is 29.5 Å². The Bertz CT molecular complexity index is 1150. The molecule has 3 aromatic rings. The zero-order chi connectivity index (χ0) is 24.9. The van der Waals surface area contributed by atoms with Gasteiger partial charge in [0.25, 0.3) is 0 Å². The Morgan fingerprint density at radius 1 is 1.20 bits per heavy atom. The maximum atomic E-state index is 11.6. The standard InChI is InChI=1S/C24H24ClNO7S2/c1-2-6-31-24(30)32-11-17-20(27)21(28)22(29)23(33-17)13-3-4-16(25)15(8-13)9-19-26-10-18(35-19)14-5-7-34-12-14/h2-5,7-8,10,12,17,20-23,27-29H,1,6,9,11H2. The quantitative estimate of drug-likeness (QED) is 0.292. The fourth-order valence-corrected chi connectivity index (χ4v) is 5.53. The average molecular weight is 538 g/mol. The second-order valence-corrected chi connectivity index (χ2v) is 10.2. The molecule has 8 nitrogen and oxygen atoms in total. The van der Waals surface area contributed by atoms with Crippen LogP contribution in [0.5, 0.6) is 0 Å². The molecule has 3 heterocycles. The van der Waals surface area contributed by atoms with Crippen LogP contribution in [0.25, 0.3) is 10.4 Å². The number of thiazole rings is 1. The summed E-state index contributed by atoms with van der Waals surface area (Å²) in [5, 5.41) is 36.8. The summed E-state index contributed by atoms with van der Waals surface area (Å²) in [5.41, 5.74) is 2.44. The first-order valence-electron chi connectivity index (χ1n) is 10.7. The van der Waals surface area contributed by atoms with Gasteiger partial charge in [0.15, 0.2) is 0 Å². The minimum absolute atomic E-state index is 0.0295. The van der Waals surface area contributed by atoms with Crippen molar-refractivity contribution in [2.75, 3.05) is 13.2 Å². The Morgan fingerprint density at radius 3 is 2.77 bits per heavy atom. The number of benzene rings is 1. The third-order valence-corrected chi connectivity index (χ3v) is 7.59. The molecule has 0 amide bonds. The van der Waals surface area contributed by atoms with Crippen molar-refractivity contribution in [1.82, 2.24) is 4.98 Å². The topological polar surface area (TPSA) is 118 Å². The Balaban J connectivity index is 1.49. The number of aromatic nitrogens is 1. The number of nitrogens with zero attached hydrogens (tertiary/aromatic N) is 1. The predicted octanol–water partition coefficient (Wildman–Crippen LogP) is 3.98. The summed E-state index contributed by atoms with van der Waals surface area (Å²) >= 11 is 9.63. The van der Waals surface area contributed by atoms with Crippen LogP contribution in [0.1, 0.15) is 22.2 Å². The molecule has 0 bridgehead atoms. The third kappa shape index (κ3) is 6.10. The highest BCUT2D eigenvalue weighted by molar-refractivity contribution is 7.15. The van der Waals surface area contributed by atoms with Crippen molar-refractivity contribution in [3.63, 3.8) is 0 Å². The minimum atomic E-state index is -1.52. The van der Waals surface area contributed by atoms with E-state index in [1.54, 1.807) is 40.9 Å². The molecule has 1 aliphatic heterocycles. The molecule has 35 heavy (non-hydrogen) atoms. The molecule has 0 saturated carbocycles. The number of hydrogen-bond acceptors (Lipinski definition) is 10. The van der Waals surface area contributed by atoms with Gasteiger partial charge in [-0.25, -0.2) is 9.78 Å². The van der Waals surface area contributed by atoms with Crippen LogP contribution in [0.2, 0.25) is 5.02 Å². The van der Waals surface area contributed by atoms with Gasteiger partial charge in [-0.3, -0.25) is 0 Å². The first kappa shape index (κ1) is 25.8. The van der Waals surface area contributed by atoms with E-state index in [0.717, 1.165) is 21.0 Å². The molecule has 186 valence electrons. The Hall–Kier alpha value is -2.31. The van der Waals surface area contributed by atoms with Gasteiger partial charge >= 0.3 is 6.16 Å². The zero-order valence-electron chi connectivity index (χ0n) is 18.5. The third-order valence-electron chi connectivity index (χ3n) is 5.50. The first-order chi connectivity index (χ1) is 16.9. The van der Waals surface area contributed by atoms with Crippen molar-refractivity contribution in [1.29, 1.82) is 0 Å². The molecule has 2 aromatic heterocycles. The van der Waals surface area contributed by atoms with Crippen molar-refractivity contribution in [2.24, 2.45) is 0 Å². The van der Waals surface area contributed by atoms with Crippen LogP contribution in [0.4, 0.5) is 4.79 Å². The summed E-state index contributed by atoms with van der Waals surface area (Å²) in [6, 6.07) is 7.18. The van der Waals surface area contributed by atoms with Crippen LogP contribution >= 0.6 is 34.3 Å². The van der Waals surface area contributed by atoms with E-state index in [-0.39, 0.29) is 13.2 Å². The summed E-state index contributed by atoms with van der Waals surface area (Å²) in [5.74, 6) is 0. The molecule has 0 radical (unpaired) electrons. The van der Waals surface area contributed by atoms with Gasteiger partial charge in [0.1, 0.15) is 43.7 Å². The van der Waals surface area contributed by atoms with E-state index in [9.17, 15) is 20.1 Å². The molecule has 1 aromatic carbocycles. The number of hydrogen-bond donors (Lipinski definition) is 3. The highest BCUT2D eigenvalue weighted by Crippen LogP contribution is 2.35. The molecule has 5 unspecified atom stereocenters. The lowest BCUT2D eigenvalue weighted by atomic mass is 9.90. The van der Waals surface area contributed by atoms with Crippen molar-refractivity contribution < 1.29 is 34.3 Å². The fourth-order valence-electron chi connectivity index (χ4n) is 3.68. The summed E-state index contributed by atoms with van der Waals surface area (Å²) in [6.45, 7) is 3.04. The maximum absolute atomic E-state index is 11.6. The Labute approximate surface area is 215 Å². The smallest absolute Gasteiger partial charge is 0.431 e. The van der Waals surface area contributed by atoms with Gasteiger partial charge in [-0.2, -0.15) is 11.3 Å². The van der Waals surface area contributed by atoms with Gasteiger partial charge in [-0.05, 0) is 34.0 Å². The molecule has 4 rings (SSSR count). The van der Waals surface area contributed by atoms with Gasteiger partial charge in [-0.15, -0.1) is 11.3 Å². The van der Waals surface area contributed by atoms with Crippen molar-refractivity contribution in [3.05, 3.63) is 75.0 Å². The second kappa shape index (κ2) is 11.6. The Kier molecular flexibility index (Phi) is 8.55. The number of rotatable bonds is 8. The molecule has 1 saturated heterocycles. The molecule has 0 spiro atoms. The van der Waals surface area contributed by atoms with E-state index in [4.69, 9.17) is 25.8 Å². The van der Waals surface area contributed by atoms with Crippen LogP contribution in [-0.2, 0) is 20.6 Å². The fraction of sp³-hybridized carbons (Fsp3) is 0.333. The number of aliphatic hydroxyl groups is 3. The monoisotopic (exact) mass is 537 g/mol. The molecule has 5 atom stereocenters. The number of thiophene rings is 1. The van der Waals surface area contributed by atoms with E-state index in [1.165, 1.54) is 6.08 Å². The number of carbonyl (C=O) groups is 1. The lowest BCUT2D eigenvalue weighted by Crippen LogP contribution is -2.55. The van der Waals surface area contributed by atoms with Crippen LogP contribution in [0, 0.1) is 0 Å². The highest BCUT2D eigenvalue weighted by Gasteiger charge is 2.44. The number of ether oxygens (including phenoxy) is 3. The SMILES string of the molecule is C=CCOC(=O)OCC1OC(c2ccc(Cl)c(Cc3ncc(-c4ccsc4)s3)c2)C(O)C(O)C1O. The molecule has 1 aliphatic rings. The molecule has 0 aliphatic carbocycles. The van der Waals surface area contributed by atoms with Crippen LogP contribution < -0.4 is 0 Å². The molecule has 11 heteroatoms. The van der Waals surface area contributed by atoms with Gasteiger partial charge in [0.05, 0.1) is 9.88 Å². The minimum Gasteiger partial charge on any atom is -0.431 e. The largest absolute Gasteiger partial charge is 0.508 e. The van der Waals surface area contributed by atoms with Gasteiger partial charge in [-0.1, -0.05) is 36.4 Å². The summed E-state index contributed by atoms with van der Waals surface area (Å²) in [6.07, 6.45) is -3.74. The number of carbonyl (C=O) groups excluding carboxylic acids is 1. The predicted molar refractivity (Wildman–Crippen MR) is 133 cm³/mol. The lowest BCUT2D eigenvalue weighted by Gasteiger charge is -2.40. The maximum Gasteiger partial charge on any atom is 0.508 e. The average Bonchev–Trinajstić information content (AvgIpc) is 3.54. The number of aliphatic hydroxyl groups excluding tert-OH is 3. The molecular weight excluding hydrogens is 514 g/mol. The number of halogens is 1. The van der Waals surface area contributed by atoms with Crippen LogP contribution in [0.15, 0.2) is 53.9 Å². The van der Waals surface area contributed by atoms with Gasteiger partial charge in [0, 0.05) is 23.2 Å². The van der Waals surface area contributed by atoms with E-state index >= 15 is 0 Å².